The molecule has 0 saturated carbocycles. The van der Waals surface area contributed by atoms with Gasteiger partial charge in [0.25, 0.3) is 5.91 Å². The number of rotatable bonds is 2. The summed E-state index contributed by atoms with van der Waals surface area (Å²) in [4.78, 5) is 30.0. The van der Waals surface area contributed by atoms with Gasteiger partial charge in [-0.05, 0) is 18.6 Å². The van der Waals surface area contributed by atoms with Gasteiger partial charge < -0.3 is 15.0 Å². The lowest BCUT2D eigenvalue weighted by molar-refractivity contribution is -0.141. The third kappa shape index (κ3) is 2.54. The molecule has 0 aliphatic carbocycles. The van der Waals surface area contributed by atoms with E-state index >= 15 is 0 Å². The van der Waals surface area contributed by atoms with E-state index in [-0.39, 0.29) is 18.4 Å². The second kappa shape index (κ2) is 5.72. The number of hydrogen-bond acceptors (Lipinski definition) is 5. The predicted molar refractivity (Wildman–Crippen MR) is 83.6 cm³/mol. The standard InChI is InChI=1S/C16H17N5O3/c22-14-7-24-16(8-18-14)5-6-20(9-16)15(23)12-3-1-2-4-13(12)21-11-17-10-19-21/h1-4,10-11H,5-9H2,(H,18,22). The number of nitrogens with zero attached hydrogens (tertiary/aromatic N) is 4. The van der Waals surface area contributed by atoms with Crippen LogP contribution in [0.1, 0.15) is 16.8 Å². The third-order valence-electron chi connectivity index (χ3n) is 4.52. The van der Waals surface area contributed by atoms with Gasteiger partial charge in [-0.15, -0.1) is 0 Å². The minimum Gasteiger partial charge on any atom is -0.361 e. The van der Waals surface area contributed by atoms with E-state index in [1.54, 1.807) is 22.0 Å². The van der Waals surface area contributed by atoms with Crippen LogP contribution in [0.4, 0.5) is 0 Å². The molecule has 2 amide bonds. The highest BCUT2D eigenvalue weighted by Crippen LogP contribution is 2.28. The first-order valence-electron chi connectivity index (χ1n) is 7.81. The smallest absolute Gasteiger partial charge is 0.256 e. The molecule has 2 aromatic rings. The van der Waals surface area contributed by atoms with Crippen molar-refractivity contribution in [2.45, 2.75) is 12.0 Å². The minimum atomic E-state index is -0.466. The highest BCUT2D eigenvalue weighted by atomic mass is 16.5. The summed E-state index contributed by atoms with van der Waals surface area (Å²) in [7, 11) is 0. The first kappa shape index (κ1) is 14.8. The van der Waals surface area contributed by atoms with Gasteiger partial charge in [-0.3, -0.25) is 9.59 Å². The molecule has 3 heterocycles. The van der Waals surface area contributed by atoms with Crippen LogP contribution in [-0.4, -0.2) is 63.3 Å². The topological polar surface area (TPSA) is 89.4 Å². The summed E-state index contributed by atoms with van der Waals surface area (Å²) >= 11 is 0. The molecule has 0 radical (unpaired) electrons. The van der Waals surface area contributed by atoms with Crippen LogP contribution in [-0.2, 0) is 9.53 Å². The molecule has 2 saturated heterocycles. The predicted octanol–water partition coefficient (Wildman–Crippen LogP) is -0.00160. The van der Waals surface area contributed by atoms with Crippen LogP contribution in [0.25, 0.3) is 5.69 Å². The number of carbonyl (C=O) groups excluding carboxylic acids is 2. The molecule has 1 aromatic heterocycles. The van der Waals surface area contributed by atoms with Gasteiger partial charge in [-0.1, -0.05) is 12.1 Å². The van der Waals surface area contributed by atoms with E-state index in [4.69, 9.17) is 4.74 Å². The second-order valence-electron chi connectivity index (χ2n) is 6.08. The van der Waals surface area contributed by atoms with Crippen LogP contribution < -0.4 is 5.32 Å². The molecule has 1 aromatic carbocycles. The number of ether oxygens (including phenoxy) is 1. The average Bonchev–Trinajstić information content (AvgIpc) is 3.28. The van der Waals surface area contributed by atoms with Crippen molar-refractivity contribution >= 4 is 11.8 Å². The Balaban J connectivity index is 1.56. The number of benzene rings is 1. The molecule has 2 aliphatic heterocycles. The molecule has 1 spiro atoms. The number of amides is 2. The zero-order valence-corrected chi connectivity index (χ0v) is 13.0. The Kier molecular flexibility index (Phi) is 3.53. The monoisotopic (exact) mass is 327 g/mol. The lowest BCUT2D eigenvalue weighted by atomic mass is 10.0. The van der Waals surface area contributed by atoms with Crippen LogP contribution in [0.5, 0.6) is 0 Å². The van der Waals surface area contributed by atoms with E-state index in [1.807, 2.05) is 18.2 Å². The molecule has 2 aliphatic rings. The molecule has 124 valence electrons. The molecule has 0 bridgehead atoms. The lowest BCUT2D eigenvalue weighted by Gasteiger charge is -2.33. The average molecular weight is 327 g/mol. The van der Waals surface area contributed by atoms with Gasteiger partial charge in [0.15, 0.2) is 0 Å². The number of likely N-dealkylation sites (tertiary alicyclic amines) is 1. The Morgan fingerprint density at radius 1 is 1.33 bits per heavy atom. The third-order valence-corrected chi connectivity index (χ3v) is 4.52. The zero-order valence-electron chi connectivity index (χ0n) is 13.0. The highest BCUT2D eigenvalue weighted by molar-refractivity contribution is 5.98. The summed E-state index contributed by atoms with van der Waals surface area (Å²) in [5, 5.41) is 6.93. The van der Waals surface area contributed by atoms with Gasteiger partial charge in [-0.2, -0.15) is 5.10 Å². The van der Waals surface area contributed by atoms with E-state index in [2.05, 4.69) is 15.4 Å². The fourth-order valence-corrected chi connectivity index (χ4v) is 3.22. The maximum atomic E-state index is 13.0. The van der Waals surface area contributed by atoms with Gasteiger partial charge in [0.05, 0.1) is 17.8 Å². The number of hydrogen-bond donors (Lipinski definition) is 1. The van der Waals surface area contributed by atoms with Gasteiger partial charge in [0.1, 0.15) is 24.9 Å². The van der Waals surface area contributed by atoms with Crippen molar-refractivity contribution in [2.75, 3.05) is 26.2 Å². The van der Waals surface area contributed by atoms with E-state index in [9.17, 15) is 9.59 Å². The quantitative estimate of drug-likeness (QED) is 0.838. The Morgan fingerprint density at radius 3 is 2.96 bits per heavy atom. The largest absolute Gasteiger partial charge is 0.361 e. The van der Waals surface area contributed by atoms with Crippen molar-refractivity contribution in [1.29, 1.82) is 0 Å². The zero-order chi connectivity index (χ0) is 16.6. The fraction of sp³-hybridized carbons (Fsp3) is 0.375. The summed E-state index contributed by atoms with van der Waals surface area (Å²) in [5.74, 6) is -0.180. The molecule has 24 heavy (non-hydrogen) atoms. The van der Waals surface area contributed by atoms with Crippen molar-refractivity contribution in [1.82, 2.24) is 25.0 Å². The van der Waals surface area contributed by atoms with E-state index in [1.165, 1.54) is 6.33 Å². The van der Waals surface area contributed by atoms with Crippen molar-refractivity contribution in [2.24, 2.45) is 0 Å². The van der Waals surface area contributed by atoms with Gasteiger partial charge in [-0.25, -0.2) is 9.67 Å². The van der Waals surface area contributed by atoms with Crippen LogP contribution in [0.15, 0.2) is 36.9 Å². The summed E-state index contributed by atoms with van der Waals surface area (Å²) in [5.41, 5.74) is 0.796. The van der Waals surface area contributed by atoms with Gasteiger partial charge >= 0.3 is 0 Å². The molecule has 1 atom stereocenters. The molecule has 1 unspecified atom stereocenters. The molecular formula is C16H17N5O3. The fourth-order valence-electron chi connectivity index (χ4n) is 3.22. The maximum Gasteiger partial charge on any atom is 0.256 e. The Hall–Kier alpha value is -2.74. The number of morpholine rings is 1. The van der Waals surface area contributed by atoms with E-state index < -0.39 is 5.60 Å². The van der Waals surface area contributed by atoms with Gasteiger partial charge in [0.2, 0.25) is 5.91 Å². The number of aromatic nitrogens is 3. The Labute approximate surface area is 138 Å². The van der Waals surface area contributed by atoms with Crippen LogP contribution in [0.2, 0.25) is 0 Å². The minimum absolute atomic E-state index is 0.0531. The van der Waals surface area contributed by atoms with Crippen molar-refractivity contribution < 1.29 is 14.3 Å². The summed E-state index contributed by atoms with van der Waals surface area (Å²) in [6.45, 7) is 1.57. The number of nitrogens with one attached hydrogen (secondary N) is 1. The van der Waals surface area contributed by atoms with Gasteiger partial charge in [0, 0.05) is 13.1 Å². The first-order chi connectivity index (χ1) is 11.7. The molecule has 8 heteroatoms. The lowest BCUT2D eigenvalue weighted by Crippen LogP contribution is -2.54. The summed E-state index contributed by atoms with van der Waals surface area (Å²) in [6, 6.07) is 7.31. The molecule has 4 rings (SSSR count). The number of para-hydroxylation sites is 1. The van der Waals surface area contributed by atoms with Crippen LogP contribution in [0, 0.1) is 0 Å². The second-order valence-corrected chi connectivity index (χ2v) is 6.08. The maximum absolute atomic E-state index is 13.0. The van der Waals surface area contributed by atoms with Crippen molar-refractivity contribution in [3.8, 4) is 5.69 Å². The molecular weight excluding hydrogens is 310 g/mol. The summed E-state index contributed by atoms with van der Waals surface area (Å²) < 4.78 is 7.30. The van der Waals surface area contributed by atoms with E-state index in [0.717, 1.165) is 0 Å². The first-order valence-corrected chi connectivity index (χ1v) is 7.81. The molecule has 2 fully saturated rings. The Bertz CT molecular complexity index is 764. The SMILES string of the molecule is O=C1COC2(CCN(C(=O)c3ccccc3-n3cncn3)C2)CN1. The molecule has 8 nitrogen and oxygen atoms in total. The summed E-state index contributed by atoms with van der Waals surface area (Å²) in [6.07, 6.45) is 3.71. The van der Waals surface area contributed by atoms with Crippen molar-refractivity contribution in [3.05, 3.63) is 42.5 Å². The Morgan fingerprint density at radius 2 is 2.21 bits per heavy atom. The highest BCUT2D eigenvalue weighted by Gasteiger charge is 2.44. The normalized spacial score (nSPS) is 23.5. The van der Waals surface area contributed by atoms with Crippen LogP contribution in [0.3, 0.4) is 0 Å². The van der Waals surface area contributed by atoms with Crippen molar-refractivity contribution in [3.63, 3.8) is 0 Å². The van der Waals surface area contributed by atoms with E-state index in [0.29, 0.717) is 37.3 Å². The number of carbonyl (C=O) groups is 2. The molecule has 1 N–H and O–H groups in total. The van der Waals surface area contributed by atoms with Crippen LogP contribution >= 0.6 is 0 Å².